The first-order valence-corrected chi connectivity index (χ1v) is 7.62. The van der Waals surface area contributed by atoms with Gasteiger partial charge in [0.15, 0.2) is 0 Å². The Morgan fingerprint density at radius 2 is 1.65 bits per heavy atom. The minimum atomic E-state index is -0.210. The second-order valence-corrected chi connectivity index (χ2v) is 6.36. The molecule has 0 aromatic heterocycles. The van der Waals surface area contributed by atoms with Gasteiger partial charge in [-0.25, -0.2) is 4.39 Å². The molecule has 0 bridgehead atoms. The highest BCUT2D eigenvalue weighted by atomic mass is 32.2. The monoisotopic (exact) mass is 289 g/mol. The van der Waals surface area contributed by atoms with Crippen LogP contribution in [0.25, 0.3) is 0 Å². The van der Waals surface area contributed by atoms with Crippen LogP contribution in [0.3, 0.4) is 0 Å². The zero-order valence-corrected chi connectivity index (χ0v) is 12.9. The van der Waals surface area contributed by atoms with E-state index in [1.165, 1.54) is 23.4 Å². The van der Waals surface area contributed by atoms with Crippen molar-refractivity contribution in [3.63, 3.8) is 0 Å². The van der Waals surface area contributed by atoms with E-state index in [-0.39, 0.29) is 11.9 Å². The van der Waals surface area contributed by atoms with Crippen molar-refractivity contribution in [2.75, 3.05) is 0 Å². The van der Waals surface area contributed by atoms with Crippen molar-refractivity contribution in [1.29, 1.82) is 0 Å². The van der Waals surface area contributed by atoms with Gasteiger partial charge in [0.05, 0.1) is 4.90 Å². The molecule has 0 aliphatic rings. The molecule has 106 valence electrons. The summed E-state index contributed by atoms with van der Waals surface area (Å²) in [6.45, 7) is 6.20. The van der Waals surface area contributed by atoms with Crippen LogP contribution in [0.15, 0.2) is 52.3 Å². The Balaban J connectivity index is 2.30. The Labute approximate surface area is 124 Å². The highest BCUT2D eigenvalue weighted by molar-refractivity contribution is 7.99. The number of nitrogens with two attached hydrogens (primary N) is 1. The van der Waals surface area contributed by atoms with Crippen molar-refractivity contribution < 1.29 is 4.39 Å². The molecule has 3 heteroatoms. The molecule has 0 saturated carbocycles. The molecule has 2 rings (SSSR count). The van der Waals surface area contributed by atoms with E-state index in [9.17, 15) is 4.39 Å². The minimum Gasteiger partial charge on any atom is -0.324 e. The molecular formula is C17H20FNS. The van der Waals surface area contributed by atoms with Gasteiger partial charge < -0.3 is 5.73 Å². The first-order valence-electron chi connectivity index (χ1n) is 6.81. The number of rotatable bonds is 4. The van der Waals surface area contributed by atoms with Gasteiger partial charge in [-0.05, 0) is 42.2 Å². The van der Waals surface area contributed by atoms with E-state index in [0.717, 1.165) is 10.5 Å². The molecule has 0 fully saturated rings. The van der Waals surface area contributed by atoms with E-state index in [1.807, 2.05) is 25.1 Å². The smallest absolute Gasteiger partial charge is 0.137 e. The molecule has 1 atom stereocenters. The Morgan fingerprint density at radius 3 is 2.20 bits per heavy atom. The van der Waals surface area contributed by atoms with Crippen LogP contribution < -0.4 is 5.73 Å². The van der Waals surface area contributed by atoms with Gasteiger partial charge in [-0.3, -0.25) is 0 Å². The lowest BCUT2D eigenvalue weighted by atomic mass is 10.0. The molecule has 0 aliphatic heterocycles. The third-order valence-electron chi connectivity index (χ3n) is 3.25. The maximum absolute atomic E-state index is 14.0. The summed E-state index contributed by atoms with van der Waals surface area (Å²) in [6.07, 6.45) is 0. The normalized spacial score (nSPS) is 12.7. The van der Waals surface area contributed by atoms with Crippen LogP contribution >= 0.6 is 11.8 Å². The van der Waals surface area contributed by atoms with E-state index in [1.54, 1.807) is 6.07 Å². The standard InChI is InChI=1S/C17H20FNS/c1-11(2)13-7-9-14(10-8-13)20-17-15(12(3)19)5-4-6-16(17)18/h4-12H,19H2,1-3H3/t12-/m1/s1. The second-order valence-electron chi connectivity index (χ2n) is 5.27. The molecule has 20 heavy (non-hydrogen) atoms. The second kappa shape index (κ2) is 6.42. The van der Waals surface area contributed by atoms with E-state index >= 15 is 0 Å². The lowest BCUT2D eigenvalue weighted by molar-refractivity contribution is 0.591. The molecule has 2 N–H and O–H groups in total. The van der Waals surface area contributed by atoms with Crippen molar-refractivity contribution in [2.45, 2.75) is 42.5 Å². The zero-order chi connectivity index (χ0) is 14.7. The van der Waals surface area contributed by atoms with Crippen LogP contribution in [-0.2, 0) is 0 Å². The van der Waals surface area contributed by atoms with Crippen LogP contribution in [0.5, 0.6) is 0 Å². The van der Waals surface area contributed by atoms with Gasteiger partial charge in [-0.2, -0.15) is 0 Å². The Kier molecular flexibility index (Phi) is 4.84. The Morgan fingerprint density at radius 1 is 1.00 bits per heavy atom. The lowest BCUT2D eigenvalue weighted by Crippen LogP contribution is -2.07. The quantitative estimate of drug-likeness (QED) is 0.845. The van der Waals surface area contributed by atoms with Crippen molar-refractivity contribution in [3.8, 4) is 0 Å². The summed E-state index contributed by atoms with van der Waals surface area (Å²) < 4.78 is 14.0. The molecule has 2 aromatic rings. The van der Waals surface area contributed by atoms with E-state index < -0.39 is 0 Å². The van der Waals surface area contributed by atoms with Gasteiger partial charge in [0.25, 0.3) is 0 Å². The molecule has 0 radical (unpaired) electrons. The summed E-state index contributed by atoms with van der Waals surface area (Å²) in [4.78, 5) is 1.65. The average Bonchev–Trinajstić information content (AvgIpc) is 2.41. The lowest BCUT2D eigenvalue weighted by Gasteiger charge is -2.13. The van der Waals surface area contributed by atoms with Crippen LogP contribution in [0.1, 0.15) is 43.9 Å². The number of halogens is 1. The van der Waals surface area contributed by atoms with Gasteiger partial charge in [0.2, 0.25) is 0 Å². The predicted octanol–water partition coefficient (Wildman–Crippen LogP) is 5.12. The summed E-state index contributed by atoms with van der Waals surface area (Å²) in [7, 11) is 0. The van der Waals surface area contributed by atoms with Gasteiger partial charge in [-0.1, -0.05) is 49.9 Å². The van der Waals surface area contributed by atoms with Crippen LogP contribution in [0, 0.1) is 5.82 Å². The fourth-order valence-corrected chi connectivity index (χ4v) is 3.08. The van der Waals surface area contributed by atoms with Crippen molar-refractivity contribution in [2.24, 2.45) is 5.73 Å². The molecule has 0 amide bonds. The number of hydrogen-bond acceptors (Lipinski definition) is 2. The molecule has 0 unspecified atom stereocenters. The third-order valence-corrected chi connectivity index (χ3v) is 4.40. The molecular weight excluding hydrogens is 269 g/mol. The topological polar surface area (TPSA) is 26.0 Å². The minimum absolute atomic E-state index is 0.178. The van der Waals surface area contributed by atoms with E-state index in [0.29, 0.717) is 10.8 Å². The maximum atomic E-state index is 14.0. The Bertz CT molecular complexity index is 576. The fraction of sp³-hybridized carbons (Fsp3) is 0.294. The van der Waals surface area contributed by atoms with Gasteiger partial charge in [-0.15, -0.1) is 0 Å². The largest absolute Gasteiger partial charge is 0.324 e. The van der Waals surface area contributed by atoms with E-state index in [4.69, 9.17) is 5.73 Å². The SMILES string of the molecule is CC(C)c1ccc(Sc2c(F)cccc2[C@@H](C)N)cc1. The van der Waals surface area contributed by atoms with Gasteiger partial charge in [0.1, 0.15) is 5.82 Å². The van der Waals surface area contributed by atoms with Crippen LogP contribution in [-0.4, -0.2) is 0 Å². The van der Waals surface area contributed by atoms with Gasteiger partial charge in [0, 0.05) is 10.9 Å². The van der Waals surface area contributed by atoms with Crippen molar-refractivity contribution >= 4 is 11.8 Å². The summed E-state index contributed by atoms with van der Waals surface area (Å²) >= 11 is 1.43. The van der Waals surface area contributed by atoms with Crippen LogP contribution in [0.2, 0.25) is 0 Å². The highest BCUT2D eigenvalue weighted by Gasteiger charge is 2.13. The average molecular weight is 289 g/mol. The number of benzene rings is 2. The number of hydrogen-bond donors (Lipinski definition) is 1. The molecule has 2 aromatic carbocycles. The first kappa shape index (κ1) is 15.1. The van der Waals surface area contributed by atoms with Gasteiger partial charge >= 0.3 is 0 Å². The van der Waals surface area contributed by atoms with E-state index in [2.05, 4.69) is 26.0 Å². The van der Waals surface area contributed by atoms with Crippen molar-refractivity contribution in [1.82, 2.24) is 0 Å². The highest BCUT2D eigenvalue weighted by Crippen LogP contribution is 2.35. The molecule has 0 saturated heterocycles. The third kappa shape index (κ3) is 3.41. The molecule has 0 aliphatic carbocycles. The summed E-state index contributed by atoms with van der Waals surface area (Å²) in [5, 5.41) is 0. The maximum Gasteiger partial charge on any atom is 0.137 e. The molecule has 0 spiro atoms. The summed E-state index contributed by atoms with van der Waals surface area (Å²) in [5.41, 5.74) is 8.06. The molecule has 0 heterocycles. The zero-order valence-electron chi connectivity index (χ0n) is 12.1. The van der Waals surface area contributed by atoms with Crippen LogP contribution in [0.4, 0.5) is 4.39 Å². The first-order chi connectivity index (χ1) is 9.49. The summed E-state index contributed by atoms with van der Waals surface area (Å²) in [5.74, 6) is 0.292. The fourth-order valence-electron chi connectivity index (χ4n) is 2.03. The molecule has 1 nitrogen and oxygen atoms in total. The Hall–Kier alpha value is -1.32. The predicted molar refractivity (Wildman–Crippen MR) is 83.7 cm³/mol. The summed E-state index contributed by atoms with van der Waals surface area (Å²) in [6, 6.07) is 13.2. The van der Waals surface area contributed by atoms with Crippen molar-refractivity contribution in [3.05, 3.63) is 59.4 Å².